The molecule has 0 saturated heterocycles. The molecule has 1 fully saturated rings. The second-order valence-electron chi connectivity index (χ2n) is 5.85. The second kappa shape index (κ2) is 5.63. The van der Waals surface area contributed by atoms with Gasteiger partial charge in [-0.05, 0) is 38.7 Å². The van der Waals surface area contributed by atoms with Crippen molar-refractivity contribution in [2.45, 2.75) is 56.6 Å². The molecule has 2 unspecified atom stereocenters. The molecule has 1 saturated carbocycles. The number of sulfone groups is 1. The van der Waals surface area contributed by atoms with E-state index in [0.717, 1.165) is 36.0 Å². The molecule has 3 nitrogen and oxygen atoms in total. The molecule has 0 heterocycles. The van der Waals surface area contributed by atoms with Crippen molar-refractivity contribution in [1.29, 1.82) is 0 Å². The summed E-state index contributed by atoms with van der Waals surface area (Å²) in [5, 5.41) is -0.253. The van der Waals surface area contributed by atoms with Crippen molar-refractivity contribution in [2.75, 3.05) is 0 Å². The SMILES string of the molecule is Cc1cc(C)cc(CS(=O)(=O)C2CCCC(N)C2)c1. The summed E-state index contributed by atoms with van der Waals surface area (Å²) in [6.07, 6.45) is 3.27. The molecule has 0 aliphatic heterocycles. The highest BCUT2D eigenvalue weighted by molar-refractivity contribution is 7.91. The Kier molecular flexibility index (Phi) is 4.31. The third-order valence-corrected chi connectivity index (χ3v) is 6.00. The lowest BCUT2D eigenvalue weighted by molar-refractivity contribution is 0.433. The van der Waals surface area contributed by atoms with Crippen LogP contribution in [0.25, 0.3) is 0 Å². The van der Waals surface area contributed by atoms with E-state index in [1.807, 2.05) is 26.0 Å². The third-order valence-electron chi connectivity index (χ3n) is 3.82. The molecule has 2 rings (SSSR count). The van der Waals surface area contributed by atoms with Crippen LogP contribution in [0, 0.1) is 13.8 Å². The Morgan fingerprint density at radius 2 is 1.79 bits per heavy atom. The quantitative estimate of drug-likeness (QED) is 0.926. The lowest BCUT2D eigenvalue weighted by Gasteiger charge is -2.26. The topological polar surface area (TPSA) is 60.2 Å². The number of hydrogen-bond donors (Lipinski definition) is 1. The van der Waals surface area contributed by atoms with E-state index in [9.17, 15) is 8.42 Å². The van der Waals surface area contributed by atoms with E-state index in [2.05, 4.69) is 6.07 Å². The highest BCUT2D eigenvalue weighted by Crippen LogP contribution is 2.26. The average molecular weight is 281 g/mol. The van der Waals surface area contributed by atoms with Crippen LogP contribution in [0.3, 0.4) is 0 Å². The van der Waals surface area contributed by atoms with Gasteiger partial charge in [-0.2, -0.15) is 0 Å². The van der Waals surface area contributed by atoms with E-state index in [1.54, 1.807) is 0 Å². The molecule has 0 spiro atoms. The molecule has 1 aliphatic carbocycles. The molecule has 2 N–H and O–H groups in total. The Morgan fingerprint density at radius 1 is 1.16 bits per heavy atom. The van der Waals surface area contributed by atoms with Crippen molar-refractivity contribution in [2.24, 2.45) is 5.73 Å². The predicted molar refractivity (Wildman–Crippen MR) is 78.8 cm³/mol. The first-order chi connectivity index (χ1) is 8.87. The van der Waals surface area contributed by atoms with Crippen LogP contribution in [-0.4, -0.2) is 19.7 Å². The molecular weight excluding hydrogens is 258 g/mol. The number of nitrogens with two attached hydrogens (primary N) is 1. The predicted octanol–water partition coefficient (Wildman–Crippen LogP) is 2.49. The first-order valence-corrected chi connectivity index (χ1v) is 8.63. The van der Waals surface area contributed by atoms with Gasteiger partial charge in [-0.1, -0.05) is 35.7 Å². The Hall–Kier alpha value is -0.870. The lowest BCUT2D eigenvalue weighted by atomic mass is 9.96. The van der Waals surface area contributed by atoms with Gasteiger partial charge >= 0.3 is 0 Å². The number of aryl methyl sites for hydroxylation is 2. The van der Waals surface area contributed by atoms with Crippen molar-refractivity contribution in [3.05, 3.63) is 34.9 Å². The first-order valence-electron chi connectivity index (χ1n) is 6.91. The zero-order valence-corrected chi connectivity index (χ0v) is 12.5. The third kappa shape index (κ3) is 3.80. The van der Waals surface area contributed by atoms with Gasteiger partial charge < -0.3 is 5.73 Å². The minimum Gasteiger partial charge on any atom is -0.328 e. The van der Waals surface area contributed by atoms with Crippen molar-refractivity contribution in [3.63, 3.8) is 0 Å². The van der Waals surface area contributed by atoms with E-state index in [1.165, 1.54) is 0 Å². The molecule has 1 aromatic rings. The fraction of sp³-hybridized carbons (Fsp3) is 0.600. The van der Waals surface area contributed by atoms with Gasteiger partial charge in [0.05, 0.1) is 11.0 Å². The number of rotatable bonds is 3. The molecule has 1 aromatic carbocycles. The molecule has 0 amide bonds. The summed E-state index contributed by atoms with van der Waals surface area (Å²) < 4.78 is 24.9. The highest BCUT2D eigenvalue weighted by Gasteiger charge is 2.30. The normalized spacial score (nSPS) is 24.4. The van der Waals surface area contributed by atoms with Gasteiger partial charge in [0, 0.05) is 6.04 Å². The Labute approximate surface area is 116 Å². The summed E-state index contributed by atoms with van der Waals surface area (Å²) in [5.74, 6) is 0.146. The lowest BCUT2D eigenvalue weighted by Crippen LogP contribution is -2.35. The molecule has 106 valence electrons. The van der Waals surface area contributed by atoms with Crippen LogP contribution in [0.1, 0.15) is 42.4 Å². The number of benzene rings is 1. The maximum Gasteiger partial charge on any atom is 0.157 e. The summed E-state index contributed by atoms with van der Waals surface area (Å²) in [6.45, 7) is 4.00. The van der Waals surface area contributed by atoms with Crippen molar-refractivity contribution in [3.8, 4) is 0 Å². The van der Waals surface area contributed by atoms with Crippen LogP contribution in [-0.2, 0) is 15.6 Å². The van der Waals surface area contributed by atoms with Gasteiger partial charge in [-0.3, -0.25) is 0 Å². The molecule has 0 bridgehead atoms. The molecule has 19 heavy (non-hydrogen) atoms. The summed E-state index contributed by atoms with van der Waals surface area (Å²) in [7, 11) is -3.08. The van der Waals surface area contributed by atoms with Crippen molar-refractivity contribution < 1.29 is 8.42 Å². The maximum atomic E-state index is 12.5. The van der Waals surface area contributed by atoms with E-state index >= 15 is 0 Å². The van der Waals surface area contributed by atoms with E-state index in [4.69, 9.17) is 5.73 Å². The summed E-state index contributed by atoms with van der Waals surface area (Å²) in [5.41, 5.74) is 9.03. The Morgan fingerprint density at radius 3 is 2.37 bits per heavy atom. The van der Waals surface area contributed by atoms with Gasteiger partial charge in [0.1, 0.15) is 0 Å². The fourth-order valence-electron chi connectivity index (χ4n) is 3.01. The summed E-state index contributed by atoms with van der Waals surface area (Å²) in [4.78, 5) is 0. The smallest absolute Gasteiger partial charge is 0.157 e. The van der Waals surface area contributed by atoms with Crippen LogP contribution in [0.4, 0.5) is 0 Å². The van der Waals surface area contributed by atoms with Crippen molar-refractivity contribution in [1.82, 2.24) is 0 Å². The van der Waals surface area contributed by atoms with E-state index in [-0.39, 0.29) is 17.0 Å². The van der Waals surface area contributed by atoms with Gasteiger partial charge in [0.2, 0.25) is 0 Å². The number of hydrogen-bond acceptors (Lipinski definition) is 3. The van der Waals surface area contributed by atoms with Crippen LogP contribution in [0.5, 0.6) is 0 Å². The maximum absolute atomic E-state index is 12.5. The zero-order valence-electron chi connectivity index (χ0n) is 11.7. The fourth-order valence-corrected chi connectivity index (χ4v) is 4.94. The van der Waals surface area contributed by atoms with Gasteiger partial charge in [0.15, 0.2) is 9.84 Å². The first kappa shape index (κ1) is 14.5. The molecular formula is C15H23NO2S. The van der Waals surface area contributed by atoms with Crippen LogP contribution >= 0.6 is 0 Å². The molecule has 0 aromatic heterocycles. The van der Waals surface area contributed by atoms with E-state index < -0.39 is 9.84 Å². The summed E-state index contributed by atoms with van der Waals surface area (Å²) in [6, 6.07) is 6.04. The van der Waals surface area contributed by atoms with Crippen LogP contribution < -0.4 is 5.73 Å². The monoisotopic (exact) mass is 281 g/mol. The van der Waals surface area contributed by atoms with Gasteiger partial charge in [-0.15, -0.1) is 0 Å². The molecule has 1 aliphatic rings. The highest BCUT2D eigenvalue weighted by atomic mass is 32.2. The van der Waals surface area contributed by atoms with E-state index in [0.29, 0.717) is 6.42 Å². The Balaban J connectivity index is 2.16. The standard InChI is InChI=1S/C15H23NO2S/c1-11-6-12(2)8-13(7-11)10-19(17,18)15-5-3-4-14(16)9-15/h6-8,14-15H,3-5,9-10,16H2,1-2H3. The Bertz CT molecular complexity index is 531. The molecule has 2 atom stereocenters. The minimum absolute atomic E-state index is 0.0489. The average Bonchev–Trinajstić information content (AvgIpc) is 2.26. The largest absolute Gasteiger partial charge is 0.328 e. The van der Waals surface area contributed by atoms with Gasteiger partial charge in [-0.25, -0.2) is 8.42 Å². The van der Waals surface area contributed by atoms with Gasteiger partial charge in [0.25, 0.3) is 0 Å². The second-order valence-corrected chi connectivity index (χ2v) is 8.13. The van der Waals surface area contributed by atoms with Crippen molar-refractivity contribution >= 4 is 9.84 Å². The minimum atomic E-state index is -3.08. The molecule has 4 heteroatoms. The van der Waals surface area contributed by atoms with Crippen LogP contribution in [0.15, 0.2) is 18.2 Å². The summed E-state index contributed by atoms with van der Waals surface area (Å²) >= 11 is 0. The van der Waals surface area contributed by atoms with Crippen LogP contribution in [0.2, 0.25) is 0 Å². The zero-order chi connectivity index (χ0) is 14.0. The molecule has 0 radical (unpaired) electrons.